The predicted octanol–water partition coefficient (Wildman–Crippen LogP) is 3.94. The lowest BCUT2D eigenvalue weighted by atomic mass is 10.1. The van der Waals surface area contributed by atoms with Gasteiger partial charge in [0.15, 0.2) is 0 Å². The number of anilines is 1. The highest BCUT2D eigenvalue weighted by atomic mass is 32.2. The second-order valence-corrected chi connectivity index (χ2v) is 8.96. The molecule has 30 heavy (non-hydrogen) atoms. The van der Waals surface area contributed by atoms with Crippen molar-refractivity contribution in [2.45, 2.75) is 24.7 Å². The number of amides is 1. The molecule has 1 N–H and O–H groups in total. The van der Waals surface area contributed by atoms with Crippen molar-refractivity contribution < 1.29 is 13.2 Å². The van der Waals surface area contributed by atoms with Crippen LogP contribution < -0.4 is 9.62 Å². The molecule has 0 heterocycles. The van der Waals surface area contributed by atoms with E-state index in [9.17, 15) is 13.2 Å². The quantitative estimate of drug-likeness (QED) is 0.531. The molecule has 3 aromatic carbocycles. The van der Waals surface area contributed by atoms with E-state index in [2.05, 4.69) is 5.32 Å². The molecule has 0 saturated carbocycles. The number of carbonyl (C=O) groups excluding carboxylic acids is 1. The molecule has 0 aliphatic rings. The molecule has 3 aromatic rings. The lowest BCUT2D eigenvalue weighted by molar-refractivity contribution is -0.119. The molecule has 0 radical (unpaired) electrons. The van der Waals surface area contributed by atoms with Crippen molar-refractivity contribution in [3.8, 4) is 0 Å². The fraction of sp³-hybridized carbons (Fsp3) is 0.208. The largest absolute Gasteiger partial charge is 0.355 e. The Hall–Kier alpha value is -3.12. The van der Waals surface area contributed by atoms with Crippen molar-refractivity contribution in [3.63, 3.8) is 0 Å². The standard InChI is InChI=1S/C24H26N2O3S/c1-20-14-16-23(17-15-20)30(28,29)26(22-12-6-3-7-13-22)19-24(27)25-18-8-11-21-9-4-2-5-10-21/h2-7,9-10,12-17H,8,11,18-19H2,1H3,(H,25,27). The number of sulfonamides is 1. The third kappa shape index (κ3) is 5.70. The van der Waals surface area contributed by atoms with E-state index in [1.54, 1.807) is 48.5 Å². The summed E-state index contributed by atoms with van der Waals surface area (Å²) in [5, 5.41) is 2.84. The van der Waals surface area contributed by atoms with Gasteiger partial charge in [-0.15, -0.1) is 0 Å². The molecular formula is C24H26N2O3S. The Kier molecular flexibility index (Phi) is 7.25. The van der Waals surface area contributed by atoms with Gasteiger partial charge in [0.05, 0.1) is 10.6 Å². The third-order valence-electron chi connectivity index (χ3n) is 4.75. The Morgan fingerprint density at radius 2 is 1.47 bits per heavy atom. The van der Waals surface area contributed by atoms with Gasteiger partial charge in [0.25, 0.3) is 10.0 Å². The zero-order chi connectivity index (χ0) is 21.4. The average molecular weight is 423 g/mol. The van der Waals surface area contributed by atoms with Crippen LogP contribution in [0.5, 0.6) is 0 Å². The van der Waals surface area contributed by atoms with Crippen LogP contribution in [0.3, 0.4) is 0 Å². The minimum absolute atomic E-state index is 0.161. The summed E-state index contributed by atoms with van der Waals surface area (Å²) >= 11 is 0. The zero-order valence-electron chi connectivity index (χ0n) is 17.0. The molecular weight excluding hydrogens is 396 g/mol. The molecule has 0 atom stereocenters. The molecule has 0 fully saturated rings. The molecule has 5 nitrogen and oxygen atoms in total. The van der Waals surface area contributed by atoms with Crippen LogP contribution in [0.2, 0.25) is 0 Å². The number of nitrogens with zero attached hydrogens (tertiary/aromatic N) is 1. The SMILES string of the molecule is Cc1ccc(S(=O)(=O)N(CC(=O)NCCCc2ccccc2)c2ccccc2)cc1. The second-order valence-electron chi connectivity index (χ2n) is 7.10. The summed E-state index contributed by atoms with van der Waals surface area (Å²) in [5.74, 6) is -0.331. The fourth-order valence-electron chi connectivity index (χ4n) is 3.10. The van der Waals surface area contributed by atoms with Crippen molar-refractivity contribution in [1.29, 1.82) is 0 Å². The molecule has 0 spiro atoms. The molecule has 0 aliphatic carbocycles. The fourth-order valence-corrected chi connectivity index (χ4v) is 4.52. The smallest absolute Gasteiger partial charge is 0.264 e. The highest BCUT2D eigenvalue weighted by Crippen LogP contribution is 2.23. The van der Waals surface area contributed by atoms with Crippen molar-refractivity contribution >= 4 is 21.6 Å². The first kappa shape index (κ1) is 21.6. The maximum Gasteiger partial charge on any atom is 0.264 e. The molecule has 0 saturated heterocycles. The predicted molar refractivity (Wildman–Crippen MR) is 120 cm³/mol. The van der Waals surface area contributed by atoms with Crippen molar-refractivity contribution in [1.82, 2.24) is 5.32 Å². The molecule has 0 aliphatic heterocycles. The Balaban J connectivity index is 1.68. The van der Waals surface area contributed by atoms with Crippen molar-refractivity contribution in [2.24, 2.45) is 0 Å². The van der Waals surface area contributed by atoms with Gasteiger partial charge < -0.3 is 5.32 Å². The van der Waals surface area contributed by atoms with Crippen LogP contribution in [0, 0.1) is 6.92 Å². The maximum atomic E-state index is 13.2. The molecule has 3 rings (SSSR count). The van der Waals surface area contributed by atoms with Crippen molar-refractivity contribution in [2.75, 3.05) is 17.4 Å². The molecule has 0 bridgehead atoms. The summed E-state index contributed by atoms with van der Waals surface area (Å²) in [6.07, 6.45) is 1.64. The summed E-state index contributed by atoms with van der Waals surface area (Å²) in [5.41, 5.74) is 2.63. The van der Waals surface area contributed by atoms with Gasteiger partial charge in [-0.3, -0.25) is 9.10 Å². The molecule has 1 amide bonds. The van der Waals surface area contributed by atoms with Gasteiger partial charge in [0, 0.05) is 6.54 Å². The number of rotatable bonds is 9. The highest BCUT2D eigenvalue weighted by Gasteiger charge is 2.26. The number of nitrogens with one attached hydrogen (secondary N) is 1. The summed E-state index contributed by atoms with van der Waals surface area (Å²) in [6.45, 7) is 2.11. The van der Waals surface area contributed by atoms with E-state index in [1.165, 1.54) is 5.56 Å². The zero-order valence-corrected chi connectivity index (χ0v) is 17.8. The number of benzene rings is 3. The van der Waals surface area contributed by atoms with E-state index in [-0.39, 0.29) is 17.3 Å². The van der Waals surface area contributed by atoms with Gasteiger partial charge in [0.1, 0.15) is 6.54 Å². The number of aryl methyl sites for hydroxylation is 2. The Morgan fingerprint density at radius 1 is 0.867 bits per heavy atom. The normalized spacial score (nSPS) is 11.1. The van der Waals surface area contributed by atoms with E-state index in [4.69, 9.17) is 0 Å². The summed E-state index contributed by atoms with van der Waals surface area (Å²) in [7, 11) is -3.87. The number of hydrogen-bond donors (Lipinski definition) is 1. The first-order chi connectivity index (χ1) is 14.5. The average Bonchev–Trinajstić information content (AvgIpc) is 2.76. The maximum absolute atomic E-state index is 13.2. The van der Waals surface area contributed by atoms with E-state index < -0.39 is 10.0 Å². The van der Waals surface area contributed by atoms with Crippen LogP contribution in [0.25, 0.3) is 0 Å². The summed E-state index contributed by atoms with van der Waals surface area (Å²) in [6, 6.07) is 25.4. The lowest BCUT2D eigenvalue weighted by Gasteiger charge is -2.24. The van der Waals surface area contributed by atoms with Gasteiger partial charge in [-0.25, -0.2) is 8.42 Å². The summed E-state index contributed by atoms with van der Waals surface area (Å²) in [4.78, 5) is 12.7. The van der Waals surface area contributed by atoms with Crippen LogP contribution in [0.1, 0.15) is 17.5 Å². The van der Waals surface area contributed by atoms with Crippen LogP contribution in [-0.2, 0) is 21.2 Å². The molecule has 0 aromatic heterocycles. The first-order valence-electron chi connectivity index (χ1n) is 9.92. The molecule has 0 unspecified atom stereocenters. The second kappa shape index (κ2) is 10.1. The van der Waals surface area contributed by atoms with Gasteiger partial charge in [-0.05, 0) is 49.6 Å². The summed E-state index contributed by atoms with van der Waals surface area (Å²) < 4.78 is 27.6. The third-order valence-corrected chi connectivity index (χ3v) is 6.54. The van der Waals surface area contributed by atoms with Gasteiger partial charge in [0.2, 0.25) is 5.91 Å². The lowest BCUT2D eigenvalue weighted by Crippen LogP contribution is -2.41. The monoisotopic (exact) mass is 422 g/mol. The molecule has 6 heteroatoms. The van der Waals surface area contributed by atoms with E-state index in [1.807, 2.05) is 43.3 Å². The van der Waals surface area contributed by atoms with Gasteiger partial charge in [-0.1, -0.05) is 66.2 Å². The topological polar surface area (TPSA) is 66.5 Å². The molecule has 156 valence electrons. The Labute approximate surface area is 178 Å². The van der Waals surface area contributed by atoms with E-state index in [0.717, 1.165) is 22.7 Å². The van der Waals surface area contributed by atoms with Crippen LogP contribution >= 0.6 is 0 Å². The van der Waals surface area contributed by atoms with Crippen molar-refractivity contribution in [3.05, 3.63) is 96.1 Å². The number of carbonyl (C=O) groups is 1. The van der Waals surface area contributed by atoms with Crippen LogP contribution in [0.4, 0.5) is 5.69 Å². The van der Waals surface area contributed by atoms with E-state index in [0.29, 0.717) is 12.2 Å². The van der Waals surface area contributed by atoms with Gasteiger partial charge >= 0.3 is 0 Å². The first-order valence-corrected chi connectivity index (χ1v) is 11.4. The number of hydrogen-bond acceptors (Lipinski definition) is 3. The minimum atomic E-state index is -3.87. The number of para-hydroxylation sites is 1. The van der Waals surface area contributed by atoms with Gasteiger partial charge in [-0.2, -0.15) is 0 Å². The van der Waals surface area contributed by atoms with E-state index >= 15 is 0 Å². The Morgan fingerprint density at radius 3 is 2.10 bits per heavy atom. The highest BCUT2D eigenvalue weighted by molar-refractivity contribution is 7.92. The minimum Gasteiger partial charge on any atom is -0.355 e. The van der Waals surface area contributed by atoms with Crippen LogP contribution in [-0.4, -0.2) is 27.4 Å². The van der Waals surface area contributed by atoms with Crippen LogP contribution in [0.15, 0.2) is 89.8 Å². The Bertz CT molecular complexity index is 1050.